The van der Waals surface area contributed by atoms with Crippen LogP contribution in [-0.4, -0.2) is 30.8 Å². The molecule has 0 aromatic heterocycles. The summed E-state index contributed by atoms with van der Waals surface area (Å²) in [6, 6.07) is 0. The molecule has 2 nitrogen and oxygen atoms in total. The summed E-state index contributed by atoms with van der Waals surface area (Å²) in [4.78, 5) is 2.44. The van der Waals surface area contributed by atoms with Gasteiger partial charge >= 0.3 is 0 Å². The molecule has 0 radical (unpaired) electrons. The molecule has 1 rings (SSSR count). The lowest BCUT2D eigenvalue weighted by molar-refractivity contribution is 0.0278. The Hall–Kier alpha value is -0.0800. The molecule has 78 valence electrons. The van der Waals surface area contributed by atoms with E-state index in [0.29, 0.717) is 6.23 Å². The van der Waals surface area contributed by atoms with E-state index in [1.807, 2.05) is 0 Å². The average molecular weight is 185 g/mol. The van der Waals surface area contributed by atoms with Crippen molar-refractivity contribution in [1.29, 1.82) is 0 Å². The van der Waals surface area contributed by atoms with Crippen LogP contribution in [0.2, 0.25) is 0 Å². The maximum absolute atomic E-state index is 5.66. The molecule has 1 fully saturated rings. The molecular weight excluding hydrogens is 162 g/mol. The molecule has 1 aliphatic heterocycles. The summed E-state index contributed by atoms with van der Waals surface area (Å²) in [5, 5.41) is 0. The summed E-state index contributed by atoms with van der Waals surface area (Å²) in [5.74, 6) is 0. The van der Waals surface area contributed by atoms with Gasteiger partial charge in [-0.25, -0.2) is 0 Å². The zero-order valence-corrected chi connectivity index (χ0v) is 9.09. The van der Waals surface area contributed by atoms with Crippen LogP contribution >= 0.6 is 0 Å². The van der Waals surface area contributed by atoms with Crippen LogP contribution in [0.25, 0.3) is 0 Å². The molecule has 0 N–H and O–H groups in total. The Labute approximate surface area is 82.3 Å². The number of hydrogen-bond acceptors (Lipinski definition) is 2. The Kier molecular flexibility index (Phi) is 5.40. The normalized spacial score (nSPS) is 24.0. The highest BCUT2D eigenvalue weighted by Gasteiger charge is 2.22. The van der Waals surface area contributed by atoms with Crippen LogP contribution in [0.5, 0.6) is 0 Å². The fourth-order valence-corrected chi connectivity index (χ4v) is 1.93. The lowest BCUT2D eigenvalue weighted by Crippen LogP contribution is -2.29. The molecule has 0 aromatic carbocycles. The summed E-state index contributed by atoms with van der Waals surface area (Å²) < 4.78 is 5.66. The number of nitrogens with zero attached hydrogens (tertiary/aromatic N) is 1. The molecule has 1 heterocycles. The van der Waals surface area contributed by atoms with Crippen LogP contribution in [0, 0.1) is 0 Å². The Bertz CT molecular complexity index is 127. The molecule has 0 aromatic rings. The van der Waals surface area contributed by atoms with Crippen molar-refractivity contribution in [3.05, 3.63) is 0 Å². The second-order valence-electron chi connectivity index (χ2n) is 3.80. The lowest BCUT2D eigenvalue weighted by atomic mass is 10.1. The smallest absolute Gasteiger partial charge is 0.110 e. The molecule has 2 heteroatoms. The van der Waals surface area contributed by atoms with Crippen molar-refractivity contribution in [3.63, 3.8) is 0 Å². The van der Waals surface area contributed by atoms with Crippen LogP contribution in [0.1, 0.15) is 46.0 Å². The Morgan fingerprint density at radius 1 is 1.23 bits per heavy atom. The first-order chi connectivity index (χ1) is 6.38. The number of likely N-dealkylation sites (N-methyl/N-ethyl adjacent to an activating group) is 1. The Morgan fingerprint density at radius 3 is 2.77 bits per heavy atom. The maximum atomic E-state index is 5.66. The molecule has 0 spiro atoms. The Balaban J connectivity index is 2.06. The van der Waals surface area contributed by atoms with E-state index in [1.54, 1.807) is 0 Å². The summed E-state index contributed by atoms with van der Waals surface area (Å²) in [5.41, 5.74) is 0. The van der Waals surface area contributed by atoms with Crippen molar-refractivity contribution in [2.75, 3.05) is 19.7 Å². The first-order valence-corrected chi connectivity index (χ1v) is 5.74. The van der Waals surface area contributed by atoms with Crippen molar-refractivity contribution in [2.24, 2.45) is 0 Å². The lowest BCUT2D eigenvalue weighted by Gasteiger charge is -2.20. The maximum Gasteiger partial charge on any atom is 0.110 e. The van der Waals surface area contributed by atoms with Gasteiger partial charge in [0, 0.05) is 6.54 Å². The third kappa shape index (κ3) is 3.65. The van der Waals surface area contributed by atoms with Gasteiger partial charge in [-0.2, -0.15) is 0 Å². The summed E-state index contributed by atoms with van der Waals surface area (Å²) in [7, 11) is 0. The third-order valence-electron chi connectivity index (χ3n) is 2.81. The van der Waals surface area contributed by atoms with E-state index in [0.717, 1.165) is 19.7 Å². The minimum absolute atomic E-state index is 0.432. The molecule has 0 unspecified atom stereocenters. The van der Waals surface area contributed by atoms with Crippen molar-refractivity contribution in [3.8, 4) is 0 Å². The minimum Gasteiger partial charge on any atom is -0.362 e. The van der Waals surface area contributed by atoms with Crippen molar-refractivity contribution in [2.45, 2.75) is 52.2 Å². The van der Waals surface area contributed by atoms with Gasteiger partial charge in [0.05, 0.1) is 6.61 Å². The largest absolute Gasteiger partial charge is 0.362 e. The van der Waals surface area contributed by atoms with Crippen molar-refractivity contribution < 1.29 is 4.74 Å². The topological polar surface area (TPSA) is 12.5 Å². The van der Waals surface area contributed by atoms with Crippen LogP contribution in [0.4, 0.5) is 0 Å². The molecule has 1 atom stereocenters. The van der Waals surface area contributed by atoms with E-state index in [2.05, 4.69) is 18.7 Å². The van der Waals surface area contributed by atoms with Gasteiger partial charge in [0.2, 0.25) is 0 Å². The molecule has 0 saturated carbocycles. The number of unbranched alkanes of at least 4 members (excludes halogenated alkanes) is 3. The number of hydrogen-bond donors (Lipinski definition) is 0. The first kappa shape index (κ1) is 11.0. The zero-order valence-electron chi connectivity index (χ0n) is 9.09. The van der Waals surface area contributed by atoms with Crippen LogP contribution in [-0.2, 0) is 4.74 Å². The highest BCUT2D eigenvalue weighted by atomic mass is 16.5. The van der Waals surface area contributed by atoms with E-state index in [4.69, 9.17) is 4.74 Å². The van der Waals surface area contributed by atoms with Gasteiger partial charge in [-0.1, -0.05) is 33.1 Å². The SMILES string of the molecule is CCCCCC[C@H]1OCCN1CC. The van der Waals surface area contributed by atoms with Crippen LogP contribution in [0.3, 0.4) is 0 Å². The predicted molar refractivity (Wildman–Crippen MR) is 55.7 cm³/mol. The molecule has 13 heavy (non-hydrogen) atoms. The van der Waals surface area contributed by atoms with Gasteiger partial charge < -0.3 is 4.74 Å². The molecule has 0 bridgehead atoms. The fourth-order valence-electron chi connectivity index (χ4n) is 1.93. The van der Waals surface area contributed by atoms with E-state index >= 15 is 0 Å². The fraction of sp³-hybridized carbons (Fsp3) is 1.00. The highest BCUT2D eigenvalue weighted by Crippen LogP contribution is 2.16. The highest BCUT2D eigenvalue weighted by molar-refractivity contribution is 4.68. The van der Waals surface area contributed by atoms with E-state index in [9.17, 15) is 0 Å². The second-order valence-corrected chi connectivity index (χ2v) is 3.80. The van der Waals surface area contributed by atoms with Gasteiger partial charge in [0.25, 0.3) is 0 Å². The summed E-state index contributed by atoms with van der Waals surface area (Å²) in [6.45, 7) is 7.68. The van der Waals surface area contributed by atoms with Gasteiger partial charge in [-0.05, 0) is 19.4 Å². The summed E-state index contributed by atoms with van der Waals surface area (Å²) >= 11 is 0. The summed E-state index contributed by atoms with van der Waals surface area (Å²) in [6.07, 6.45) is 7.06. The van der Waals surface area contributed by atoms with Crippen molar-refractivity contribution >= 4 is 0 Å². The van der Waals surface area contributed by atoms with E-state index in [-0.39, 0.29) is 0 Å². The third-order valence-corrected chi connectivity index (χ3v) is 2.81. The standard InChI is InChI=1S/C11H23NO/c1-3-5-6-7-8-11-12(4-2)9-10-13-11/h11H,3-10H2,1-2H3/t11-/m1/s1. The second kappa shape index (κ2) is 6.39. The molecule has 0 aliphatic carbocycles. The van der Waals surface area contributed by atoms with Crippen molar-refractivity contribution in [1.82, 2.24) is 4.90 Å². The number of ether oxygens (including phenoxy) is 1. The van der Waals surface area contributed by atoms with Gasteiger partial charge in [0.15, 0.2) is 0 Å². The molecule has 1 aliphatic rings. The quantitative estimate of drug-likeness (QED) is 0.590. The molecular formula is C11H23NO. The van der Waals surface area contributed by atoms with Gasteiger partial charge in [-0.15, -0.1) is 0 Å². The molecule has 0 amide bonds. The van der Waals surface area contributed by atoms with Gasteiger partial charge in [0.1, 0.15) is 6.23 Å². The van der Waals surface area contributed by atoms with Crippen LogP contribution in [0.15, 0.2) is 0 Å². The predicted octanol–water partition coefficient (Wildman–Crippen LogP) is 2.64. The zero-order chi connectivity index (χ0) is 9.52. The Morgan fingerprint density at radius 2 is 2.08 bits per heavy atom. The first-order valence-electron chi connectivity index (χ1n) is 5.74. The minimum atomic E-state index is 0.432. The van der Waals surface area contributed by atoms with Gasteiger partial charge in [-0.3, -0.25) is 4.90 Å². The monoisotopic (exact) mass is 185 g/mol. The van der Waals surface area contributed by atoms with Crippen LogP contribution < -0.4 is 0 Å². The molecule has 1 saturated heterocycles. The van der Waals surface area contributed by atoms with E-state index in [1.165, 1.54) is 32.1 Å². The average Bonchev–Trinajstić information content (AvgIpc) is 2.60. The number of rotatable bonds is 6. The van der Waals surface area contributed by atoms with E-state index < -0.39 is 0 Å².